The van der Waals surface area contributed by atoms with Crippen LogP contribution in [0.25, 0.3) is 0 Å². The van der Waals surface area contributed by atoms with Crippen LogP contribution in [0.4, 0.5) is 5.69 Å². The summed E-state index contributed by atoms with van der Waals surface area (Å²) in [4.78, 5) is 12.1. The van der Waals surface area contributed by atoms with E-state index in [-0.39, 0.29) is 30.4 Å². The van der Waals surface area contributed by atoms with Crippen LogP contribution in [0.15, 0.2) is 69.6 Å². The van der Waals surface area contributed by atoms with Crippen molar-refractivity contribution in [1.82, 2.24) is 4.90 Å². The van der Waals surface area contributed by atoms with Gasteiger partial charge in [-0.2, -0.15) is 0 Å². The van der Waals surface area contributed by atoms with Crippen molar-refractivity contribution in [3.05, 3.63) is 76.3 Å². The van der Waals surface area contributed by atoms with Crippen molar-refractivity contribution < 1.29 is 0 Å². The molecule has 2 aromatic carbocycles. The summed E-state index contributed by atoms with van der Waals surface area (Å²) in [5.74, 6) is 0.873. The smallest absolute Gasteiger partial charge is 0.168 e. The van der Waals surface area contributed by atoms with E-state index < -0.39 is 0 Å². The van der Waals surface area contributed by atoms with Crippen molar-refractivity contribution in [1.29, 1.82) is 0 Å². The number of rotatable bonds is 2. The van der Waals surface area contributed by atoms with Gasteiger partial charge in [-0.1, -0.05) is 66.0 Å². The maximum atomic E-state index is 4.96. The van der Waals surface area contributed by atoms with Gasteiger partial charge in [0.25, 0.3) is 0 Å². The zero-order valence-corrected chi connectivity index (χ0v) is 20.1. The summed E-state index contributed by atoms with van der Waals surface area (Å²) < 4.78 is 0. The molecule has 3 aliphatic rings. The molecule has 0 aliphatic carbocycles. The minimum Gasteiger partial charge on any atom is -0.335 e. The van der Waals surface area contributed by atoms with Crippen molar-refractivity contribution in [2.24, 2.45) is 9.98 Å². The van der Waals surface area contributed by atoms with Crippen LogP contribution in [0.3, 0.4) is 0 Å². The number of thioether (sulfide) groups is 2. The lowest BCUT2D eigenvalue weighted by Crippen LogP contribution is -2.28. The third-order valence-corrected chi connectivity index (χ3v) is 7.13. The molecule has 0 aromatic heterocycles. The summed E-state index contributed by atoms with van der Waals surface area (Å²) in [6.45, 7) is 6.01. The Morgan fingerprint density at radius 3 is 2.63 bits per heavy atom. The summed E-state index contributed by atoms with van der Waals surface area (Å²) in [5, 5.41) is 7.83. The Labute approximate surface area is 198 Å². The van der Waals surface area contributed by atoms with Crippen LogP contribution >= 0.6 is 48.3 Å². The van der Waals surface area contributed by atoms with Gasteiger partial charge in [0.05, 0.1) is 18.6 Å². The molecule has 0 bridgehead atoms. The standard InChI is InChI=1S/C22H22N4S2.2ClH/c1-22(2)18-9-5-6-10-19(18)24-20(25-22)27-13-17-14-28-21-23-11-15-7-3-4-8-16(15)12-26(17)21;;/h3-10,14H,11-13H2,1-2H3,(H,24,25);2*1H. The molecular weight excluding hydrogens is 455 g/mol. The number of amidine groups is 2. The first-order valence-electron chi connectivity index (χ1n) is 9.44. The van der Waals surface area contributed by atoms with Crippen LogP contribution in [0.1, 0.15) is 30.5 Å². The fourth-order valence-electron chi connectivity index (χ4n) is 3.76. The van der Waals surface area contributed by atoms with Crippen LogP contribution in [0.2, 0.25) is 0 Å². The summed E-state index contributed by atoms with van der Waals surface area (Å²) in [6.07, 6.45) is 0. The Morgan fingerprint density at radius 1 is 1.07 bits per heavy atom. The first kappa shape index (κ1) is 23.1. The SMILES string of the molecule is CC1(C)N=C(SCC2=CSC3=NCc4ccccc4CN23)Nc2ccccc21.Cl.Cl. The number of nitrogens with one attached hydrogen (secondary N) is 1. The molecule has 0 spiro atoms. The van der Waals surface area contributed by atoms with Crippen LogP contribution in [0, 0.1) is 0 Å². The van der Waals surface area contributed by atoms with Crippen molar-refractivity contribution in [3.8, 4) is 0 Å². The van der Waals surface area contributed by atoms with Gasteiger partial charge in [0.15, 0.2) is 10.3 Å². The normalized spacial score (nSPS) is 18.1. The van der Waals surface area contributed by atoms with E-state index in [1.165, 1.54) is 22.4 Å². The molecule has 3 heterocycles. The number of hydrogen-bond donors (Lipinski definition) is 1. The second-order valence-electron chi connectivity index (χ2n) is 7.62. The topological polar surface area (TPSA) is 40.0 Å². The Bertz CT molecular complexity index is 1030. The highest BCUT2D eigenvalue weighted by molar-refractivity contribution is 8.17. The van der Waals surface area contributed by atoms with E-state index in [1.807, 2.05) is 0 Å². The molecule has 0 unspecified atom stereocenters. The monoisotopic (exact) mass is 478 g/mol. The summed E-state index contributed by atoms with van der Waals surface area (Å²) in [6, 6.07) is 17.1. The molecular formula is C22H24Cl2N4S2. The van der Waals surface area contributed by atoms with Gasteiger partial charge in [0, 0.05) is 22.7 Å². The first-order valence-corrected chi connectivity index (χ1v) is 11.3. The third kappa shape index (κ3) is 4.37. The molecule has 30 heavy (non-hydrogen) atoms. The van der Waals surface area contributed by atoms with Gasteiger partial charge in [-0.25, -0.2) is 0 Å². The Hall–Kier alpha value is -1.60. The molecule has 0 fully saturated rings. The lowest BCUT2D eigenvalue weighted by molar-refractivity contribution is 0.529. The molecule has 0 saturated heterocycles. The van der Waals surface area contributed by atoms with E-state index in [0.717, 1.165) is 34.9 Å². The lowest BCUT2D eigenvalue weighted by atomic mass is 9.92. The second kappa shape index (κ2) is 9.27. The molecule has 0 radical (unpaired) electrons. The number of anilines is 1. The van der Waals surface area contributed by atoms with E-state index in [9.17, 15) is 0 Å². The molecule has 0 saturated carbocycles. The number of halogens is 2. The number of para-hydroxylation sites is 1. The summed E-state index contributed by atoms with van der Waals surface area (Å²) >= 11 is 3.50. The highest BCUT2D eigenvalue weighted by atomic mass is 35.5. The zero-order valence-electron chi connectivity index (χ0n) is 16.8. The average molecular weight is 480 g/mol. The minimum absolute atomic E-state index is 0. The largest absolute Gasteiger partial charge is 0.335 e. The van der Waals surface area contributed by atoms with Crippen molar-refractivity contribution >= 4 is 64.4 Å². The molecule has 158 valence electrons. The quantitative estimate of drug-likeness (QED) is 0.554. The average Bonchev–Trinajstić information content (AvgIpc) is 2.96. The van der Waals surface area contributed by atoms with Crippen molar-refractivity contribution in [3.63, 3.8) is 0 Å². The van der Waals surface area contributed by atoms with Crippen LogP contribution < -0.4 is 5.32 Å². The third-order valence-electron chi connectivity index (χ3n) is 5.28. The molecule has 0 amide bonds. The van der Waals surface area contributed by atoms with E-state index in [4.69, 9.17) is 9.98 Å². The van der Waals surface area contributed by atoms with Crippen molar-refractivity contribution in [2.45, 2.75) is 32.5 Å². The van der Waals surface area contributed by atoms with Gasteiger partial charge >= 0.3 is 0 Å². The highest BCUT2D eigenvalue weighted by Crippen LogP contribution is 2.38. The van der Waals surface area contributed by atoms with Gasteiger partial charge in [0.1, 0.15) is 0 Å². The minimum atomic E-state index is -0.211. The van der Waals surface area contributed by atoms with Crippen LogP contribution in [-0.2, 0) is 18.6 Å². The number of fused-ring (bicyclic) bond motifs is 3. The second-order valence-corrected chi connectivity index (χ2v) is 9.42. The number of hydrogen-bond acceptors (Lipinski definition) is 6. The van der Waals surface area contributed by atoms with Gasteiger partial charge in [-0.05, 0) is 36.4 Å². The maximum absolute atomic E-state index is 4.96. The lowest BCUT2D eigenvalue weighted by Gasteiger charge is -2.30. The predicted octanol–water partition coefficient (Wildman–Crippen LogP) is 6.24. The Morgan fingerprint density at radius 2 is 1.80 bits per heavy atom. The fourth-order valence-corrected chi connectivity index (χ4v) is 5.76. The van der Waals surface area contributed by atoms with E-state index in [2.05, 4.69) is 78.0 Å². The predicted molar refractivity (Wildman–Crippen MR) is 136 cm³/mol. The van der Waals surface area contributed by atoms with Gasteiger partial charge in [0.2, 0.25) is 0 Å². The van der Waals surface area contributed by atoms with Crippen LogP contribution in [-0.4, -0.2) is 21.0 Å². The molecule has 1 N–H and O–H groups in total. The molecule has 0 atom stereocenters. The van der Waals surface area contributed by atoms with E-state index in [0.29, 0.717) is 0 Å². The zero-order chi connectivity index (χ0) is 19.1. The molecule has 8 heteroatoms. The Kier molecular flexibility index (Phi) is 7.13. The molecule has 5 rings (SSSR count). The van der Waals surface area contributed by atoms with Crippen LogP contribution in [0.5, 0.6) is 0 Å². The number of nitrogens with zero attached hydrogens (tertiary/aromatic N) is 3. The molecule has 3 aliphatic heterocycles. The summed E-state index contributed by atoms with van der Waals surface area (Å²) in [7, 11) is 0. The maximum Gasteiger partial charge on any atom is 0.168 e. The van der Waals surface area contributed by atoms with E-state index >= 15 is 0 Å². The summed E-state index contributed by atoms with van der Waals surface area (Å²) in [5.41, 5.74) is 6.18. The number of aliphatic imine (C=N–C) groups is 2. The number of benzene rings is 2. The van der Waals surface area contributed by atoms with Gasteiger partial charge < -0.3 is 10.2 Å². The fraction of sp³-hybridized carbons (Fsp3) is 0.273. The Balaban J connectivity index is 0.00000128. The van der Waals surface area contributed by atoms with E-state index in [1.54, 1.807) is 23.5 Å². The highest BCUT2D eigenvalue weighted by Gasteiger charge is 2.30. The van der Waals surface area contributed by atoms with Gasteiger partial charge in [-0.15, -0.1) is 24.8 Å². The van der Waals surface area contributed by atoms with Crippen molar-refractivity contribution in [2.75, 3.05) is 11.1 Å². The van der Waals surface area contributed by atoms with Gasteiger partial charge in [-0.3, -0.25) is 9.98 Å². The first-order chi connectivity index (χ1) is 13.6. The molecule has 2 aromatic rings. The molecule has 4 nitrogen and oxygen atoms in total.